The van der Waals surface area contributed by atoms with Crippen LogP contribution in [0.15, 0.2) is 55.1 Å². The highest BCUT2D eigenvalue weighted by Gasteiger charge is 2.27. The number of hydrogen-bond acceptors (Lipinski definition) is 9. The lowest BCUT2D eigenvalue weighted by Gasteiger charge is -2.30. The minimum Gasteiger partial charge on any atom is -0.379 e. The van der Waals surface area contributed by atoms with Crippen LogP contribution in [0, 0.1) is 0 Å². The van der Waals surface area contributed by atoms with Gasteiger partial charge >= 0.3 is 0 Å². The molecule has 2 fully saturated rings. The summed E-state index contributed by atoms with van der Waals surface area (Å²) < 4.78 is 1.57. The summed E-state index contributed by atoms with van der Waals surface area (Å²) in [6.45, 7) is 0. The predicted octanol–water partition coefficient (Wildman–Crippen LogP) is 3.41. The van der Waals surface area contributed by atoms with Crippen molar-refractivity contribution in [2.45, 2.75) is 69.1 Å². The largest absolute Gasteiger partial charge is 0.379 e. The van der Waals surface area contributed by atoms with E-state index < -0.39 is 6.04 Å². The molecule has 0 bridgehead atoms. The van der Waals surface area contributed by atoms with Crippen molar-refractivity contribution >= 4 is 46.3 Å². The van der Waals surface area contributed by atoms with E-state index in [9.17, 15) is 9.59 Å². The number of nitrogens with one attached hydrogen (secondary N) is 4. The van der Waals surface area contributed by atoms with E-state index in [1.54, 1.807) is 29.0 Å². The van der Waals surface area contributed by atoms with Gasteiger partial charge in [0.1, 0.15) is 11.0 Å². The van der Waals surface area contributed by atoms with Gasteiger partial charge < -0.3 is 27.0 Å². The summed E-state index contributed by atoms with van der Waals surface area (Å²) in [6, 6.07) is 8.98. The third-order valence-corrected chi connectivity index (χ3v) is 7.77. The number of pyridine rings is 2. The van der Waals surface area contributed by atoms with Crippen LogP contribution in [0.25, 0.3) is 5.65 Å². The Kier molecular flexibility index (Phi) is 8.15. The van der Waals surface area contributed by atoms with Crippen LogP contribution in [0.3, 0.4) is 0 Å². The van der Waals surface area contributed by atoms with Gasteiger partial charge in [-0.05, 0) is 68.7 Å². The molecule has 2 amide bonds. The molecule has 4 aromatic heterocycles. The monoisotopic (exact) mass is 588 g/mol. The Balaban J connectivity index is 1.10. The molecule has 13 heteroatoms. The summed E-state index contributed by atoms with van der Waals surface area (Å²) >= 11 is 5.98. The fourth-order valence-electron chi connectivity index (χ4n) is 5.19. The molecule has 0 aromatic carbocycles. The van der Waals surface area contributed by atoms with Crippen LogP contribution in [0.5, 0.6) is 0 Å². The molecule has 42 heavy (non-hydrogen) atoms. The Morgan fingerprint density at radius 3 is 2.48 bits per heavy atom. The lowest BCUT2D eigenvalue weighted by atomic mass is 9.91. The molecule has 4 heterocycles. The van der Waals surface area contributed by atoms with E-state index in [-0.39, 0.29) is 29.1 Å². The van der Waals surface area contributed by atoms with Crippen molar-refractivity contribution < 1.29 is 9.59 Å². The Morgan fingerprint density at radius 1 is 0.976 bits per heavy atom. The first kappa shape index (κ1) is 27.9. The van der Waals surface area contributed by atoms with Crippen molar-refractivity contribution in [3.05, 3.63) is 71.5 Å². The molecule has 12 nitrogen and oxygen atoms in total. The second-order valence-electron chi connectivity index (χ2n) is 10.9. The first-order valence-electron chi connectivity index (χ1n) is 14.2. The van der Waals surface area contributed by atoms with Crippen molar-refractivity contribution in [3.8, 4) is 0 Å². The van der Waals surface area contributed by atoms with Crippen molar-refractivity contribution in [2.24, 2.45) is 5.73 Å². The van der Waals surface area contributed by atoms with Gasteiger partial charge in [-0.3, -0.25) is 14.6 Å². The van der Waals surface area contributed by atoms with Crippen LogP contribution >= 0.6 is 11.6 Å². The minimum atomic E-state index is -0.615. The molecule has 0 radical (unpaired) electrons. The normalized spacial score (nSPS) is 19.2. The number of nitrogens with two attached hydrogens (primary N) is 1. The van der Waals surface area contributed by atoms with E-state index in [1.165, 1.54) is 12.4 Å². The molecular weight excluding hydrogens is 556 g/mol. The fourth-order valence-corrected chi connectivity index (χ4v) is 5.36. The molecule has 0 spiro atoms. The lowest BCUT2D eigenvalue weighted by Crippen LogP contribution is -2.48. The number of carbonyl (C=O) groups is 2. The van der Waals surface area contributed by atoms with E-state index >= 15 is 0 Å². The van der Waals surface area contributed by atoms with Crippen molar-refractivity contribution in [3.63, 3.8) is 0 Å². The molecular formula is C29H33ClN10O2. The number of rotatable bonds is 10. The molecule has 4 aromatic rings. The molecule has 6 N–H and O–H groups in total. The van der Waals surface area contributed by atoms with Crippen LogP contribution in [0.4, 0.5) is 17.2 Å². The first-order chi connectivity index (χ1) is 20.4. The number of aromatic nitrogens is 5. The number of anilines is 3. The first-order valence-corrected chi connectivity index (χ1v) is 14.6. The highest BCUT2D eigenvalue weighted by Crippen LogP contribution is 2.30. The summed E-state index contributed by atoms with van der Waals surface area (Å²) in [5.41, 5.74) is 9.33. The molecule has 2 aliphatic rings. The van der Waals surface area contributed by atoms with Crippen LogP contribution in [-0.2, 0) is 11.2 Å². The average molecular weight is 589 g/mol. The van der Waals surface area contributed by atoms with E-state index in [0.29, 0.717) is 35.3 Å². The van der Waals surface area contributed by atoms with Crippen LogP contribution in [0.1, 0.15) is 54.6 Å². The number of imidazole rings is 1. The third kappa shape index (κ3) is 6.77. The molecule has 6 rings (SSSR count). The quantitative estimate of drug-likeness (QED) is 0.175. The summed E-state index contributed by atoms with van der Waals surface area (Å²) in [5.74, 6) is 0.151. The van der Waals surface area contributed by atoms with Gasteiger partial charge in [-0.2, -0.15) is 0 Å². The zero-order valence-corrected chi connectivity index (χ0v) is 23.7. The lowest BCUT2D eigenvalue weighted by molar-refractivity contribution is -0.123. The van der Waals surface area contributed by atoms with E-state index in [0.717, 1.165) is 49.8 Å². The summed E-state index contributed by atoms with van der Waals surface area (Å²) in [7, 11) is 0. The number of amides is 2. The molecule has 2 saturated carbocycles. The topological polar surface area (TPSA) is 164 Å². The molecule has 0 unspecified atom stereocenters. The van der Waals surface area contributed by atoms with Crippen LogP contribution in [0.2, 0.25) is 5.15 Å². The summed E-state index contributed by atoms with van der Waals surface area (Å²) in [4.78, 5) is 38.4. The predicted molar refractivity (Wildman–Crippen MR) is 161 cm³/mol. The standard InChI is InChI=1S/C29H33ClN10O2/c30-25-13-21(9-11-33-25)38-29(42)24-16-34-27-23(35-18-3-4-18)14-26(39-40(24)27)36-19-5-7-20(8-6-19)37-28(41)22(31)12-17-2-1-10-32-15-17/h1-2,9-11,13-16,18-20,22,35H,3-8,12,31H2,(H,36,39)(H,37,41)(H,33,38,42)/t19?,20?,22-/m1/s1. The van der Waals surface area contributed by atoms with Gasteiger partial charge in [0.05, 0.1) is 17.9 Å². The Hall–Kier alpha value is -4.29. The Labute approximate surface area is 247 Å². The van der Waals surface area contributed by atoms with E-state index in [4.69, 9.17) is 22.4 Å². The average Bonchev–Trinajstić information content (AvgIpc) is 3.69. The van der Waals surface area contributed by atoms with Crippen molar-refractivity contribution in [2.75, 3.05) is 16.0 Å². The maximum absolute atomic E-state index is 13.2. The number of hydrogen-bond donors (Lipinski definition) is 5. The Morgan fingerprint density at radius 2 is 1.74 bits per heavy atom. The molecule has 2 aliphatic carbocycles. The molecule has 1 atom stereocenters. The fraction of sp³-hybridized carbons (Fsp3) is 0.379. The van der Waals surface area contributed by atoms with Gasteiger partial charge in [-0.1, -0.05) is 17.7 Å². The van der Waals surface area contributed by atoms with Gasteiger partial charge in [0.2, 0.25) is 5.91 Å². The molecule has 218 valence electrons. The molecule has 0 aliphatic heterocycles. The SMILES string of the molecule is N[C@H](Cc1cccnc1)C(=O)NC1CCC(Nc2cc(NC3CC3)c3ncc(C(=O)Nc4ccnc(Cl)c4)n3n2)CC1. The highest BCUT2D eigenvalue weighted by atomic mass is 35.5. The Bertz CT molecular complexity index is 1570. The van der Waals surface area contributed by atoms with E-state index in [1.807, 2.05) is 18.2 Å². The van der Waals surface area contributed by atoms with Crippen LogP contribution in [-0.4, -0.2) is 60.5 Å². The van der Waals surface area contributed by atoms with E-state index in [2.05, 4.69) is 36.2 Å². The van der Waals surface area contributed by atoms with Crippen molar-refractivity contribution in [1.29, 1.82) is 0 Å². The van der Waals surface area contributed by atoms with Gasteiger partial charge in [0, 0.05) is 48.5 Å². The second kappa shape index (κ2) is 12.3. The summed E-state index contributed by atoms with van der Waals surface area (Å²) in [6.07, 6.45) is 12.5. The zero-order chi connectivity index (χ0) is 29.1. The number of fused-ring (bicyclic) bond motifs is 1. The smallest absolute Gasteiger partial charge is 0.276 e. The minimum absolute atomic E-state index is 0.0728. The van der Waals surface area contributed by atoms with Gasteiger partial charge in [-0.15, -0.1) is 5.10 Å². The van der Waals surface area contributed by atoms with Crippen molar-refractivity contribution in [1.82, 2.24) is 29.9 Å². The number of halogens is 1. The number of nitrogens with zero attached hydrogens (tertiary/aromatic N) is 5. The zero-order valence-electron chi connectivity index (χ0n) is 23.0. The van der Waals surface area contributed by atoms with Gasteiger partial charge in [0.25, 0.3) is 5.91 Å². The maximum Gasteiger partial charge on any atom is 0.276 e. The van der Waals surface area contributed by atoms with Gasteiger partial charge in [0.15, 0.2) is 11.3 Å². The third-order valence-electron chi connectivity index (χ3n) is 7.56. The second-order valence-corrected chi connectivity index (χ2v) is 11.3. The number of carbonyl (C=O) groups excluding carboxylic acids is 2. The molecule has 0 saturated heterocycles. The highest BCUT2D eigenvalue weighted by molar-refractivity contribution is 6.29. The van der Waals surface area contributed by atoms with Gasteiger partial charge in [-0.25, -0.2) is 14.5 Å². The van der Waals surface area contributed by atoms with Crippen LogP contribution < -0.4 is 27.0 Å². The maximum atomic E-state index is 13.2. The summed E-state index contributed by atoms with van der Waals surface area (Å²) in [5, 5.41) is 18.1.